The molecule has 6 aromatic rings. The summed E-state index contributed by atoms with van der Waals surface area (Å²) in [6.45, 7) is 1.79. The lowest BCUT2D eigenvalue weighted by atomic mass is 9.96. The molecule has 0 aliphatic carbocycles. The predicted octanol–water partition coefficient (Wildman–Crippen LogP) is 6.99. The van der Waals surface area contributed by atoms with Crippen LogP contribution >= 0.6 is 0 Å². The van der Waals surface area contributed by atoms with Crippen molar-refractivity contribution in [3.05, 3.63) is 125 Å². The summed E-state index contributed by atoms with van der Waals surface area (Å²) in [5.74, 6) is 0.622. The fraction of sp³-hybridized carbons (Fsp3) is 0.143. The van der Waals surface area contributed by atoms with E-state index in [-0.39, 0.29) is 28.3 Å². The first-order valence-electron chi connectivity index (χ1n) is 14.7. The molecule has 0 bridgehead atoms. The molecule has 2 N–H and O–H groups in total. The molecule has 46 heavy (non-hydrogen) atoms. The summed E-state index contributed by atoms with van der Waals surface area (Å²) in [4.78, 5) is 27.5. The van der Waals surface area contributed by atoms with E-state index in [9.17, 15) is 18.0 Å². The molecule has 3 aromatic carbocycles. The van der Waals surface area contributed by atoms with Crippen LogP contribution in [0.25, 0.3) is 44.8 Å². The van der Waals surface area contributed by atoms with Gasteiger partial charge in [0, 0.05) is 54.4 Å². The minimum atomic E-state index is -4.74. The summed E-state index contributed by atoms with van der Waals surface area (Å²) < 4.78 is 46.6. The molecule has 7 rings (SSSR count). The third kappa shape index (κ3) is 5.56. The lowest BCUT2D eigenvalue weighted by Crippen LogP contribution is -2.23. The molecule has 11 heteroatoms. The number of halogens is 3. The van der Waals surface area contributed by atoms with Crippen molar-refractivity contribution < 1.29 is 13.2 Å². The molecule has 0 radical (unpaired) electrons. The Morgan fingerprint density at radius 2 is 1.70 bits per heavy atom. The first-order valence-corrected chi connectivity index (χ1v) is 14.7. The van der Waals surface area contributed by atoms with Crippen molar-refractivity contribution in [1.29, 1.82) is 0 Å². The number of nitrogens with one attached hydrogen (secondary N) is 2. The predicted molar refractivity (Wildman–Crippen MR) is 173 cm³/mol. The Labute approximate surface area is 261 Å². The summed E-state index contributed by atoms with van der Waals surface area (Å²) >= 11 is 0. The van der Waals surface area contributed by atoms with E-state index in [1.165, 1.54) is 34.7 Å². The first-order chi connectivity index (χ1) is 22.3. The molecule has 0 fully saturated rings. The fourth-order valence-corrected chi connectivity index (χ4v) is 5.74. The van der Waals surface area contributed by atoms with Crippen molar-refractivity contribution in [2.45, 2.75) is 12.6 Å². The van der Waals surface area contributed by atoms with E-state index in [2.05, 4.69) is 31.7 Å². The van der Waals surface area contributed by atoms with Crippen molar-refractivity contribution >= 4 is 28.2 Å². The molecule has 0 saturated carbocycles. The molecule has 0 saturated heterocycles. The van der Waals surface area contributed by atoms with E-state index < -0.39 is 17.3 Å². The summed E-state index contributed by atoms with van der Waals surface area (Å²) in [5.41, 5.74) is 2.24. The number of hydrogen-bond acceptors (Lipinski definition) is 6. The number of nitrogens with zero attached hydrogens (tertiary/aromatic N) is 5. The number of hydrogen-bond donors (Lipinski definition) is 2. The van der Waals surface area contributed by atoms with Gasteiger partial charge in [0.1, 0.15) is 5.82 Å². The third-order valence-electron chi connectivity index (χ3n) is 8.03. The quantitative estimate of drug-likeness (QED) is 0.209. The van der Waals surface area contributed by atoms with Crippen molar-refractivity contribution in [3.8, 4) is 28.2 Å². The standard InChI is InChI=1S/C35H28F3N7O/c1-44-18-17-40-31(44)24-9-12-28(30(20-24)35(36,37)38)29-19-25-21-41-34(43-32(25)45(33(29)46)27-5-3-2-4-6-27)42-26-10-7-22(8-11-26)23-13-15-39-16-14-23/h2-13,17-21,39H,14-16H2,1H3,(H,41,42,43). The van der Waals surface area contributed by atoms with Gasteiger partial charge in [0.25, 0.3) is 5.56 Å². The average molecular weight is 620 g/mol. The van der Waals surface area contributed by atoms with E-state index in [0.717, 1.165) is 36.8 Å². The number of aryl methyl sites for hydroxylation is 1. The number of pyridine rings is 1. The highest BCUT2D eigenvalue weighted by Gasteiger charge is 2.35. The molecule has 0 unspecified atom stereocenters. The summed E-state index contributed by atoms with van der Waals surface area (Å²) in [6, 6.07) is 22.0. The molecule has 1 aliphatic rings. The number of fused-ring (bicyclic) bond motifs is 1. The minimum Gasteiger partial charge on any atom is -0.334 e. The maximum atomic E-state index is 14.5. The van der Waals surface area contributed by atoms with Crippen molar-refractivity contribution in [3.63, 3.8) is 0 Å². The number of anilines is 2. The summed E-state index contributed by atoms with van der Waals surface area (Å²) in [6.07, 6.45) is 3.09. The molecule has 230 valence electrons. The van der Waals surface area contributed by atoms with Crippen molar-refractivity contribution in [1.82, 2.24) is 29.4 Å². The van der Waals surface area contributed by atoms with Crippen LogP contribution in [0.1, 0.15) is 17.5 Å². The number of benzene rings is 3. The van der Waals surface area contributed by atoms with Crippen molar-refractivity contribution in [2.24, 2.45) is 7.05 Å². The van der Waals surface area contributed by atoms with Crippen LogP contribution in [-0.4, -0.2) is 37.2 Å². The van der Waals surface area contributed by atoms with Crippen LogP contribution in [0.3, 0.4) is 0 Å². The second kappa shape index (κ2) is 11.8. The van der Waals surface area contributed by atoms with Crippen LogP contribution in [0, 0.1) is 0 Å². The SMILES string of the molecule is Cn1ccnc1-c1ccc(-c2cc3cnc(Nc4ccc(C5=CCNCC5)cc4)nc3n(-c3ccccc3)c2=O)c(C(F)(F)F)c1. The van der Waals surface area contributed by atoms with Gasteiger partial charge in [0.2, 0.25) is 5.95 Å². The van der Waals surface area contributed by atoms with E-state index >= 15 is 0 Å². The second-order valence-corrected chi connectivity index (χ2v) is 11.0. The summed E-state index contributed by atoms with van der Waals surface area (Å²) in [7, 11) is 1.71. The average Bonchev–Trinajstić information content (AvgIpc) is 3.50. The second-order valence-electron chi connectivity index (χ2n) is 11.0. The minimum absolute atomic E-state index is 0.123. The number of alkyl halides is 3. The maximum absolute atomic E-state index is 14.5. The Balaban J connectivity index is 1.34. The van der Waals surface area contributed by atoms with Crippen LogP contribution in [0.5, 0.6) is 0 Å². The molecule has 0 spiro atoms. The van der Waals surface area contributed by atoms with Crippen LogP contribution < -0.4 is 16.2 Å². The molecule has 3 aromatic heterocycles. The molecular weight excluding hydrogens is 591 g/mol. The highest BCUT2D eigenvalue weighted by molar-refractivity contribution is 5.85. The molecule has 8 nitrogen and oxygen atoms in total. The Morgan fingerprint density at radius 3 is 2.39 bits per heavy atom. The Bertz CT molecular complexity index is 2150. The highest BCUT2D eigenvalue weighted by Crippen LogP contribution is 2.39. The Morgan fingerprint density at radius 1 is 0.913 bits per heavy atom. The van der Waals surface area contributed by atoms with Gasteiger partial charge in [-0.25, -0.2) is 9.97 Å². The molecule has 0 atom stereocenters. The number of aromatic nitrogens is 5. The van der Waals surface area contributed by atoms with Gasteiger partial charge in [-0.3, -0.25) is 9.36 Å². The zero-order valence-electron chi connectivity index (χ0n) is 24.7. The molecule has 0 amide bonds. The van der Waals surface area contributed by atoms with E-state index in [4.69, 9.17) is 0 Å². The van der Waals surface area contributed by atoms with Crippen LogP contribution in [0.2, 0.25) is 0 Å². The Kier molecular flexibility index (Phi) is 7.45. The zero-order chi connectivity index (χ0) is 31.8. The van der Waals surface area contributed by atoms with Gasteiger partial charge >= 0.3 is 6.18 Å². The molecular formula is C35H28F3N7O. The number of rotatable bonds is 6. The number of para-hydroxylation sites is 1. The van der Waals surface area contributed by atoms with Gasteiger partial charge < -0.3 is 15.2 Å². The van der Waals surface area contributed by atoms with Gasteiger partial charge in [-0.2, -0.15) is 18.2 Å². The number of imidazole rings is 1. The van der Waals surface area contributed by atoms with Crippen LogP contribution in [-0.2, 0) is 13.2 Å². The maximum Gasteiger partial charge on any atom is 0.417 e. The monoisotopic (exact) mass is 619 g/mol. The lowest BCUT2D eigenvalue weighted by Gasteiger charge is -2.17. The van der Waals surface area contributed by atoms with Gasteiger partial charge in [-0.05, 0) is 66.1 Å². The molecule has 4 heterocycles. The largest absolute Gasteiger partial charge is 0.417 e. The van der Waals surface area contributed by atoms with E-state index in [0.29, 0.717) is 16.9 Å². The third-order valence-corrected chi connectivity index (χ3v) is 8.03. The topological polar surface area (TPSA) is 89.7 Å². The Hall–Kier alpha value is -5.55. The zero-order valence-corrected chi connectivity index (χ0v) is 24.7. The summed E-state index contributed by atoms with van der Waals surface area (Å²) in [5, 5.41) is 6.91. The van der Waals surface area contributed by atoms with Gasteiger partial charge in [0.05, 0.1) is 11.3 Å². The van der Waals surface area contributed by atoms with E-state index in [1.54, 1.807) is 54.2 Å². The highest BCUT2D eigenvalue weighted by atomic mass is 19.4. The fourth-order valence-electron chi connectivity index (χ4n) is 5.74. The van der Waals surface area contributed by atoms with E-state index in [1.807, 2.05) is 24.3 Å². The van der Waals surface area contributed by atoms with Crippen LogP contribution in [0.4, 0.5) is 24.8 Å². The smallest absolute Gasteiger partial charge is 0.334 e. The molecule has 1 aliphatic heterocycles. The van der Waals surface area contributed by atoms with Gasteiger partial charge in [-0.1, -0.05) is 48.5 Å². The normalized spacial score (nSPS) is 13.5. The van der Waals surface area contributed by atoms with Crippen LogP contribution in [0.15, 0.2) is 108 Å². The lowest BCUT2D eigenvalue weighted by molar-refractivity contribution is -0.137. The first kappa shape index (κ1) is 29.2. The van der Waals surface area contributed by atoms with Gasteiger partial charge in [-0.15, -0.1) is 0 Å². The van der Waals surface area contributed by atoms with Crippen molar-refractivity contribution in [2.75, 3.05) is 18.4 Å². The van der Waals surface area contributed by atoms with Gasteiger partial charge in [0.15, 0.2) is 5.65 Å².